The van der Waals surface area contributed by atoms with E-state index in [-0.39, 0.29) is 11.9 Å². The average molecular weight is 216 g/mol. The molecule has 5 nitrogen and oxygen atoms in total. The fraction of sp³-hybridized carbons (Fsp3) is 0.364. The number of nitriles is 1. The summed E-state index contributed by atoms with van der Waals surface area (Å²) in [6.45, 7) is 3.12. The molecule has 1 amide bonds. The standard InChI is InChI=1S/C11H12N4O/c1-8-11(16)14-5-6-15(8)10-3-2-4-13-9(10)7-12/h2-4,8H,5-6H2,1H3,(H,14,16). The Bertz CT molecular complexity index is 452. The number of pyridine rings is 1. The Labute approximate surface area is 93.7 Å². The molecule has 0 bridgehead atoms. The van der Waals surface area contributed by atoms with Gasteiger partial charge < -0.3 is 10.2 Å². The first-order valence-corrected chi connectivity index (χ1v) is 5.13. The molecule has 82 valence electrons. The second kappa shape index (κ2) is 4.19. The molecule has 1 aromatic heterocycles. The molecule has 1 saturated heterocycles. The first-order chi connectivity index (χ1) is 7.74. The third kappa shape index (κ3) is 1.70. The number of piperazine rings is 1. The lowest BCUT2D eigenvalue weighted by atomic mass is 10.1. The highest BCUT2D eigenvalue weighted by Gasteiger charge is 2.27. The summed E-state index contributed by atoms with van der Waals surface area (Å²) < 4.78 is 0. The fourth-order valence-electron chi connectivity index (χ4n) is 1.83. The van der Waals surface area contributed by atoms with Gasteiger partial charge in [-0.25, -0.2) is 4.98 Å². The van der Waals surface area contributed by atoms with E-state index in [1.54, 1.807) is 12.3 Å². The highest BCUT2D eigenvalue weighted by atomic mass is 16.2. The van der Waals surface area contributed by atoms with E-state index in [0.29, 0.717) is 18.8 Å². The summed E-state index contributed by atoms with van der Waals surface area (Å²) in [7, 11) is 0. The topological polar surface area (TPSA) is 69.0 Å². The molecule has 1 unspecified atom stereocenters. The van der Waals surface area contributed by atoms with Crippen LogP contribution >= 0.6 is 0 Å². The molecule has 0 aromatic carbocycles. The van der Waals surface area contributed by atoms with Gasteiger partial charge in [-0.1, -0.05) is 0 Å². The molecule has 0 radical (unpaired) electrons. The van der Waals surface area contributed by atoms with E-state index in [4.69, 9.17) is 5.26 Å². The lowest BCUT2D eigenvalue weighted by Gasteiger charge is -2.34. The molecule has 1 N–H and O–H groups in total. The first-order valence-electron chi connectivity index (χ1n) is 5.13. The summed E-state index contributed by atoms with van der Waals surface area (Å²) in [4.78, 5) is 17.4. The molecule has 1 fully saturated rings. The summed E-state index contributed by atoms with van der Waals surface area (Å²) >= 11 is 0. The zero-order valence-electron chi connectivity index (χ0n) is 8.97. The maximum atomic E-state index is 11.5. The zero-order chi connectivity index (χ0) is 11.5. The summed E-state index contributed by atoms with van der Waals surface area (Å²) in [6.07, 6.45) is 1.58. The van der Waals surface area contributed by atoms with Gasteiger partial charge in [0, 0.05) is 19.3 Å². The van der Waals surface area contributed by atoms with Crippen LogP contribution in [0.2, 0.25) is 0 Å². The summed E-state index contributed by atoms with van der Waals surface area (Å²) in [5, 5.41) is 11.7. The lowest BCUT2D eigenvalue weighted by molar-refractivity contribution is -0.122. The van der Waals surface area contributed by atoms with Crippen LogP contribution in [0, 0.1) is 11.3 Å². The largest absolute Gasteiger partial charge is 0.356 e. The highest BCUT2D eigenvalue weighted by Crippen LogP contribution is 2.21. The van der Waals surface area contributed by atoms with Crippen LogP contribution in [0.25, 0.3) is 0 Å². The first kappa shape index (κ1) is 10.4. The van der Waals surface area contributed by atoms with E-state index in [0.717, 1.165) is 5.69 Å². The molecule has 16 heavy (non-hydrogen) atoms. The maximum Gasteiger partial charge on any atom is 0.242 e. The Hall–Kier alpha value is -2.09. The summed E-state index contributed by atoms with van der Waals surface area (Å²) in [5.41, 5.74) is 1.09. The number of rotatable bonds is 1. The van der Waals surface area contributed by atoms with Gasteiger partial charge in [0.25, 0.3) is 0 Å². The van der Waals surface area contributed by atoms with Crippen LogP contribution in [0.1, 0.15) is 12.6 Å². The molecular weight excluding hydrogens is 204 g/mol. The van der Waals surface area contributed by atoms with Gasteiger partial charge in [-0.3, -0.25) is 4.79 Å². The van der Waals surface area contributed by atoms with Crippen LogP contribution in [0.3, 0.4) is 0 Å². The number of amides is 1. The van der Waals surface area contributed by atoms with Crippen molar-refractivity contribution >= 4 is 11.6 Å². The molecule has 1 aliphatic rings. The average Bonchev–Trinajstić information content (AvgIpc) is 2.33. The predicted molar refractivity (Wildman–Crippen MR) is 58.8 cm³/mol. The van der Waals surface area contributed by atoms with Crippen molar-refractivity contribution in [3.05, 3.63) is 24.0 Å². The van der Waals surface area contributed by atoms with Crippen molar-refractivity contribution in [1.82, 2.24) is 10.3 Å². The zero-order valence-corrected chi connectivity index (χ0v) is 8.97. The van der Waals surface area contributed by atoms with Gasteiger partial charge in [0.1, 0.15) is 12.1 Å². The minimum Gasteiger partial charge on any atom is -0.356 e. The van der Waals surface area contributed by atoms with Crippen molar-refractivity contribution in [2.75, 3.05) is 18.0 Å². The van der Waals surface area contributed by atoms with Gasteiger partial charge in [0.15, 0.2) is 5.69 Å². The lowest BCUT2D eigenvalue weighted by Crippen LogP contribution is -2.54. The maximum absolute atomic E-state index is 11.5. The van der Waals surface area contributed by atoms with Gasteiger partial charge in [-0.2, -0.15) is 5.26 Å². The third-order valence-corrected chi connectivity index (χ3v) is 2.70. The quantitative estimate of drug-likeness (QED) is 0.732. The number of hydrogen-bond acceptors (Lipinski definition) is 4. The number of nitrogens with zero attached hydrogens (tertiary/aromatic N) is 3. The van der Waals surface area contributed by atoms with Crippen LogP contribution in [0.15, 0.2) is 18.3 Å². The molecule has 2 rings (SSSR count). The number of hydrogen-bond donors (Lipinski definition) is 1. The Morgan fingerprint density at radius 2 is 2.50 bits per heavy atom. The molecule has 0 aliphatic carbocycles. The van der Waals surface area contributed by atoms with Crippen molar-refractivity contribution < 1.29 is 4.79 Å². The van der Waals surface area contributed by atoms with Crippen molar-refractivity contribution in [1.29, 1.82) is 5.26 Å². The van der Waals surface area contributed by atoms with Crippen LogP contribution in [0.5, 0.6) is 0 Å². The Kier molecular flexibility index (Phi) is 2.73. The minimum absolute atomic E-state index is 0.0148. The SMILES string of the molecule is CC1C(=O)NCCN1c1cccnc1C#N. The second-order valence-corrected chi connectivity index (χ2v) is 3.64. The van der Waals surface area contributed by atoms with Crippen molar-refractivity contribution in [2.24, 2.45) is 0 Å². The Balaban J connectivity index is 2.36. The minimum atomic E-state index is -0.259. The predicted octanol–water partition coefficient (Wildman–Crippen LogP) is 0.278. The van der Waals surface area contributed by atoms with Crippen molar-refractivity contribution in [3.8, 4) is 6.07 Å². The van der Waals surface area contributed by atoms with E-state index >= 15 is 0 Å². The molecule has 2 heterocycles. The summed E-state index contributed by atoms with van der Waals surface area (Å²) in [6, 6.07) is 5.38. The van der Waals surface area contributed by atoms with E-state index in [1.165, 1.54) is 0 Å². The molecular formula is C11H12N4O. The fourth-order valence-corrected chi connectivity index (χ4v) is 1.83. The van der Waals surface area contributed by atoms with E-state index < -0.39 is 0 Å². The van der Waals surface area contributed by atoms with Crippen molar-refractivity contribution in [2.45, 2.75) is 13.0 Å². The molecule has 0 saturated carbocycles. The van der Waals surface area contributed by atoms with Gasteiger partial charge in [0.05, 0.1) is 5.69 Å². The second-order valence-electron chi connectivity index (χ2n) is 3.64. The van der Waals surface area contributed by atoms with Crippen LogP contribution in [-0.4, -0.2) is 30.0 Å². The molecule has 1 aliphatic heterocycles. The van der Waals surface area contributed by atoms with E-state index in [1.807, 2.05) is 24.0 Å². The Morgan fingerprint density at radius 3 is 3.25 bits per heavy atom. The highest BCUT2D eigenvalue weighted by molar-refractivity contribution is 5.86. The van der Waals surface area contributed by atoms with Gasteiger partial charge in [-0.15, -0.1) is 0 Å². The molecule has 0 spiro atoms. The van der Waals surface area contributed by atoms with Crippen LogP contribution < -0.4 is 10.2 Å². The number of anilines is 1. The molecule has 1 aromatic rings. The molecule has 1 atom stereocenters. The van der Waals surface area contributed by atoms with Gasteiger partial charge in [-0.05, 0) is 19.1 Å². The number of carbonyl (C=O) groups excluding carboxylic acids is 1. The van der Waals surface area contributed by atoms with Crippen molar-refractivity contribution in [3.63, 3.8) is 0 Å². The van der Waals surface area contributed by atoms with E-state index in [9.17, 15) is 4.79 Å². The van der Waals surface area contributed by atoms with E-state index in [2.05, 4.69) is 10.3 Å². The number of aromatic nitrogens is 1. The smallest absolute Gasteiger partial charge is 0.242 e. The summed E-state index contributed by atoms with van der Waals surface area (Å²) in [5.74, 6) is -0.0148. The molecule has 5 heteroatoms. The van der Waals surface area contributed by atoms with Crippen LogP contribution in [-0.2, 0) is 4.79 Å². The van der Waals surface area contributed by atoms with Gasteiger partial charge in [0.2, 0.25) is 5.91 Å². The third-order valence-electron chi connectivity index (χ3n) is 2.70. The Morgan fingerprint density at radius 1 is 1.69 bits per heavy atom. The number of nitrogens with one attached hydrogen (secondary N) is 1. The van der Waals surface area contributed by atoms with Crippen LogP contribution in [0.4, 0.5) is 5.69 Å². The monoisotopic (exact) mass is 216 g/mol. The number of carbonyl (C=O) groups is 1. The van der Waals surface area contributed by atoms with Gasteiger partial charge >= 0.3 is 0 Å². The normalized spacial score (nSPS) is 20.1.